The van der Waals surface area contributed by atoms with Crippen LogP contribution >= 0.6 is 23.2 Å². The van der Waals surface area contributed by atoms with Gasteiger partial charge in [-0.15, -0.1) is 0 Å². The molecule has 292 valence electrons. The summed E-state index contributed by atoms with van der Waals surface area (Å²) in [5.74, 6) is -0.471. The maximum atomic E-state index is 15.4. The highest BCUT2D eigenvalue weighted by molar-refractivity contribution is 6.35. The van der Waals surface area contributed by atoms with E-state index in [0.717, 1.165) is 71.8 Å². The zero-order valence-electron chi connectivity index (χ0n) is 33.1. The number of carbonyl (C=O) groups excluding carboxylic acids is 1. The third-order valence-corrected chi connectivity index (χ3v) is 12.2. The molecule has 57 heavy (non-hydrogen) atoms. The minimum atomic E-state index is -1.05. The Bertz CT molecular complexity index is 2740. The number of fused-ring (bicyclic) bond motifs is 4. The Kier molecular flexibility index (Phi) is 9.90. The third kappa shape index (κ3) is 6.54. The predicted molar refractivity (Wildman–Crippen MR) is 227 cm³/mol. The van der Waals surface area contributed by atoms with Crippen molar-refractivity contribution in [2.75, 3.05) is 18.1 Å². The SMILES string of the molecule is Cc1ccc(Cn2c(C(=O)O)cc3cccc(N4C[C@@H](C)n5c(c(CCCOc6cc(C)c(Cl)c(C)c6)c6ccc(Cl)c(-c7c(C)nn(C)c7C)c65)C4=O)c32)nc1. The average Bonchev–Trinajstić information content (AvgIpc) is 3.80. The number of pyridine rings is 1. The molecule has 0 aliphatic carbocycles. The fourth-order valence-electron chi connectivity index (χ4n) is 8.56. The maximum absolute atomic E-state index is 15.4. The molecule has 8 rings (SSSR count). The largest absolute Gasteiger partial charge is 0.494 e. The fraction of sp³-hybridized carbons (Fsp3) is 0.289. The Hall–Kier alpha value is -5.58. The van der Waals surface area contributed by atoms with Gasteiger partial charge in [-0.2, -0.15) is 5.10 Å². The number of aromatic nitrogens is 5. The maximum Gasteiger partial charge on any atom is 0.352 e. The quantitative estimate of drug-likeness (QED) is 0.138. The molecule has 0 radical (unpaired) electrons. The lowest BCUT2D eigenvalue weighted by Crippen LogP contribution is -2.43. The first kappa shape index (κ1) is 38.3. The van der Waals surface area contributed by atoms with Gasteiger partial charge in [-0.3, -0.25) is 14.5 Å². The summed E-state index contributed by atoms with van der Waals surface area (Å²) in [5.41, 5.74) is 11.1. The van der Waals surface area contributed by atoms with Crippen molar-refractivity contribution in [2.24, 2.45) is 7.05 Å². The molecule has 1 aliphatic rings. The van der Waals surface area contributed by atoms with Gasteiger partial charge in [0.1, 0.15) is 17.1 Å². The predicted octanol–water partition coefficient (Wildman–Crippen LogP) is 10.2. The standard InChI is InChI=1S/C45H44Cl2N6O4/c1-24-13-14-31(48-21-24)23-51-37(45(55)56)20-30-10-8-12-36(41(30)51)52-22-27(4)53-42-34(15-16-35(46)39(42)38-28(5)49-50(7)29(38)6)33(43(53)44(52)54)11-9-17-57-32-18-25(2)40(47)26(3)19-32/h8,10,12-16,18-21,27H,9,11,17,22-23H2,1-7H3,(H,55,56)/t27-/m1/s1. The second kappa shape index (κ2) is 14.7. The van der Waals surface area contributed by atoms with Gasteiger partial charge < -0.3 is 23.9 Å². The van der Waals surface area contributed by atoms with Crippen LogP contribution in [0.5, 0.6) is 5.75 Å². The van der Waals surface area contributed by atoms with Crippen LogP contribution in [0.3, 0.4) is 0 Å². The van der Waals surface area contributed by atoms with Gasteiger partial charge in [-0.05, 0) is 113 Å². The van der Waals surface area contributed by atoms with E-state index in [0.29, 0.717) is 53.6 Å². The highest BCUT2D eigenvalue weighted by Gasteiger charge is 2.38. The summed E-state index contributed by atoms with van der Waals surface area (Å²) in [6, 6.07) is 18.9. The van der Waals surface area contributed by atoms with Crippen molar-refractivity contribution >= 4 is 62.6 Å². The van der Waals surface area contributed by atoms with E-state index in [1.54, 1.807) is 16.8 Å². The molecular weight excluding hydrogens is 759 g/mol. The van der Waals surface area contributed by atoms with Crippen molar-refractivity contribution in [2.45, 2.75) is 67.0 Å². The lowest BCUT2D eigenvalue weighted by atomic mass is 9.98. The molecule has 0 saturated carbocycles. The molecule has 0 bridgehead atoms. The minimum Gasteiger partial charge on any atom is -0.494 e. The van der Waals surface area contributed by atoms with Crippen LogP contribution in [0.1, 0.15) is 79.7 Å². The number of amides is 1. The van der Waals surface area contributed by atoms with Crippen molar-refractivity contribution in [3.05, 3.63) is 128 Å². The van der Waals surface area contributed by atoms with Crippen LogP contribution in [0.2, 0.25) is 10.0 Å². The number of para-hydroxylation sites is 1. The van der Waals surface area contributed by atoms with Crippen molar-refractivity contribution in [3.8, 4) is 16.9 Å². The molecule has 1 amide bonds. The van der Waals surface area contributed by atoms with Crippen molar-refractivity contribution < 1.29 is 19.4 Å². The molecule has 0 saturated heterocycles. The topological polar surface area (TPSA) is 107 Å². The number of hydrogen-bond donors (Lipinski definition) is 1. The smallest absolute Gasteiger partial charge is 0.352 e. The molecular formula is C45H44Cl2N6O4. The van der Waals surface area contributed by atoms with Crippen LogP contribution in [0, 0.1) is 34.6 Å². The van der Waals surface area contributed by atoms with Gasteiger partial charge in [-0.25, -0.2) is 4.79 Å². The summed E-state index contributed by atoms with van der Waals surface area (Å²) < 4.78 is 12.0. The van der Waals surface area contributed by atoms with Crippen LogP contribution < -0.4 is 9.64 Å². The number of anilines is 1. The van der Waals surface area contributed by atoms with Crippen molar-refractivity contribution in [1.82, 2.24) is 23.9 Å². The van der Waals surface area contributed by atoms with E-state index < -0.39 is 5.97 Å². The molecule has 0 spiro atoms. The molecule has 3 aromatic carbocycles. The molecule has 12 heteroatoms. The van der Waals surface area contributed by atoms with Gasteiger partial charge in [0.05, 0.1) is 46.3 Å². The molecule has 4 aromatic heterocycles. The van der Waals surface area contributed by atoms with E-state index in [1.165, 1.54) is 0 Å². The number of carbonyl (C=O) groups is 2. The minimum absolute atomic E-state index is 0.125. The van der Waals surface area contributed by atoms with Gasteiger partial charge in [0.15, 0.2) is 0 Å². The summed E-state index contributed by atoms with van der Waals surface area (Å²) in [4.78, 5) is 34.4. The number of benzene rings is 3. The number of rotatable bonds is 10. The van der Waals surface area contributed by atoms with E-state index in [-0.39, 0.29) is 24.2 Å². The van der Waals surface area contributed by atoms with Crippen LogP contribution in [0.25, 0.3) is 32.9 Å². The third-order valence-electron chi connectivity index (χ3n) is 11.3. The molecule has 5 heterocycles. The van der Waals surface area contributed by atoms with Gasteiger partial charge in [0, 0.05) is 58.4 Å². The number of aryl methyl sites for hydroxylation is 6. The molecule has 7 aromatic rings. The molecule has 10 nitrogen and oxygen atoms in total. The summed E-state index contributed by atoms with van der Waals surface area (Å²) in [7, 11) is 1.92. The normalized spacial score (nSPS) is 14.2. The van der Waals surface area contributed by atoms with Gasteiger partial charge in [-0.1, -0.05) is 47.5 Å². The van der Waals surface area contributed by atoms with Crippen LogP contribution in [-0.2, 0) is 20.0 Å². The Labute approximate surface area is 341 Å². The van der Waals surface area contributed by atoms with E-state index in [9.17, 15) is 9.90 Å². The number of aromatic carboxylic acids is 1. The molecule has 0 fully saturated rings. The number of ether oxygens (including phenoxy) is 1. The Morgan fingerprint density at radius 2 is 1.72 bits per heavy atom. The summed E-state index contributed by atoms with van der Waals surface area (Å²) in [5, 5.41) is 18.1. The lowest BCUT2D eigenvalue weighted by molar-refractivity contribution is 0.0686. The first-order valence-corrected chi connectivity index (χ1v) is 19.8. The first-order valence-electron chi connectivity index (χ1n) is 19.1. The molecule has 0 unspecified atom stereocenters. The Balaban J connectivity index is 1.28. The number of carboxylic acid groups (broad SMARTS) is 1. The van der Waals surface area contributed by atoms with Crippen molar-refractivity contribution in [3.63, 3.8) is 0 Å². The van der Waals surface area contributed by atoms with Crippen LogP contribution in [-0.4, -0.2) is 54.0 Å². The zero-order valence-corrected chi connectivity index (χ0v) is 34.6. The highest BCUT2D eigenvalue weighted by Crippen LogP contribution is 2.46. The van der Waals surface area contributed by atoms with E-state index in [2.05, 4.69) is 16.5 Å². The number of carboxylic acids is 1. The molecule has 1 N–H and O–H groups in total. The average molecular weight is 804 g/mol. The second-order valence-electron chi connectivity index (χ2n) is 15.2. The number of hydrogen-bond acceptors (Lipinski definition) is 5. The lowest BCUT2D eigenvalue weighted by Gasteiger charge is -2.35. The van der Waals surface area contributed by atoms with Crippen LogP contribution in [0.15, 0.2) is 66.9 Å². The van der Waals surface area contributed by atoms with Gasteiger partial charge >= 0.3 is 5.97 Å². The fourth-order valence-corrected chi connectivity index (χ4v) is 8.91. The zero-order chi connectivity index (χ0) is 40.4. The Morgan fingerprint density at radius 1 is 0.965 bits per heavy atom. The second-order valence-corrected chi connectivity index (χ2v) is 16.0. The monoisotopic (exact) mass is 802 g/mol. The summed E-state index contributed by atoms with van der Waals surface area (Å²) in [6.07, 6.45) is 2.98. The van der Waals surface area contributed by atoms with Gasteiger partial charge in [0.25, 0.3) is 5.91 Å². The summed E-state index contributed by atoms with van der Waals surface area (Å²) in [6.45, 7) is 13.0. The molecule has 1 atom stereocenters. The highest BCUT2D eigenvalue weighted by atomic mass is 35.5. The first-order chi connectivity index (χ1) is 27.2. The summed E-state index contributed by atoms with van der Waals surface area (Å²) >= 11 is 13.6. The number of halogens is 2. The van der Waals surface area contributed by atoms with E-state index in [1.807, 2.05) is 106 Å². The molecule has 1 aliphatic heterocycles. The van der Waals surface area contributed by atoms with Crippen molar-refractivity contribution in [1.29, 1.82) is 0 Å². The Morgan fingerprint density at radius 3 is 2.39 bits per heavy atom. The van der Waals surface area contributed by atoms with E-state index in [4.69, 9.17) is 33.0 Å². The van der Waals surface area contributed by atoms with E-state index >= 15 is 4.79 Å². The van der Waals surface area contributed by atoms with Crippen LogP contribution in [0.4, 0.5) is 5.69 Å². The van der Waals surface area contributed by atoms with Gasteiger partial charge in [0.2, 0.25) is 0 Å². The number of nitrogens with zero attached hydrogens (tertiary/aromatic N) is 6.